The summed E-state index contributed by atoms with van der Waals surface area (Å²) in [5.74, 6) is 0.890. The Morgan fingerprint density at radius 2 is 1.95 bits per heavy atom. The molecule has 5 heteroatoms. The van der Waals surface area contributed by atoms with Gasteiger partial charge in [-0.25, -0.2) is 4.98 Å². The summed E-state index contributed by atoms with van der Waals surface area (Å²) in [6.07, 6.45) is 3.68. The quantitative estimate of drug-likeness (QED) is 0.846. The molecule has 21 heavy (non-hydrogen) atoms. The first kappa shape index (κ1) is 15.4. The smallest absolute Gasteiger partial charge is 0.147 e. The standard InChI is InChI=1S/C16H23N5/c1-4-17-9-15-10-19-16(11-18-15)21(5-2)12-14-8-6-7-13(3)20-14/h6-8,10-11,17H,4-5,9,12H2,1-3H3. The molecule has 0 atom stereocenters. The molecule has 5 nitrogen and oxygen atoms in total. The Morgan fingerprint density at radius 1 is 1.10 bits per heavy atom. The van der Waals surface area contributed by atoms with E-state index in [0.717, 1.165) is 49.1 Å². The maximum atomic E-state index is 4.54. The first-order chi connectivity index (χ1) is 10.2. The number of aromatic nitrogens is 3. The Hall–Kier alpha value is -2.01. The highest BCUT2D eigenvalue weighted by Crippen LogP contribution is 2.12. The number of nitrogens with zero attached hydrogens (tertiary/aromatic N) is 4. The maximum Gasteiger partial charge on any atom is 0.147 e. The van der Waals surface area contributed by atoms with E-state index in [1.165, 1.54) is 0 Å². The van der Waals surface area contributed by atoms with Crippen molar-refractivity contribution in [2.45, 2.75) is 33.9 Å². The molecule has 2 aromatic rings. The van der Waals surface area contributed by atoms with Gasteiger partial charge in [-0.1, -0.05) is 13.0 Å². The van der Waals surface area contributed by atoms with Gasteiger partial charge in [0, 0.05) is 18.8 Å². The van der Waals surface area contributed by atoms with Gasteiger partial charge in [-0.15, -0.1) is 0 Å². The van der Waals surface area contributed by atoms with Crippen LogP contribution < -0.4 is 10.2 Å². The van der Waals surface area contributed by atoms with Crippen molar-refractivity contribution >= 4 is 5.82 Å². The van der Waals surface area contributed by atoms with Crippen LogP contribution in [-0.4, -0.2) is 28.0 Å². The summed E-state index contributed by atoms with van der Waals surface area (Å²) in [6.45, 7) is 9.52. The predicted octanol–water partition coefficient (Wildman–Crippen LogP) is 2.32. The molecule has 1 N–H and O–H groups in total. The van der Waals surface area contributed by atoms with E-state index in [2.05, 4.69) is 39.0 Å². The van der Waals surface area contributed by atoms with Crippen molar-refractivity contribution in [3.8, 4) is 0 Å². The molecule has 0 spiro atoms. The van der Waals surface area contributed by atoms with E-state index in [-0.39, 0.29) is 0 Å². The molecule has 0 unspecified atom stereocenters. The fraction of sp³-hybridized carbons (Fsp3) is 0.438. The second-order valence-electron chi connectivity index (χ2n) is 4.93. The Morgan fingerprint density at radius 3 is 2.57 bits per heavy atom. The van der Waals surface area contributed by atoms with Crippen LogP contribution in [-0.2, 0) is 13.1 Å². The lowest BCUT2D eigenvalue weighted by molar-refractivity contribution is 0.704. The molecular weight excluding hydrogens is 262 g/mol. The van der Waals surface area contributed by atoms with Gasteiger partial charge in [-0.3, -0.25) is 9.97 Å². The molecule has 2 rings (SSSR count). The van der Waals surface area contributed by atoms with Gasteiger partial charge in [0.2, 0.25) is 0 Å². The number of hydrogen-bond acceptors (Lipinski definition) is 5. The van der Waals surface area contributed by atoms with Crippen LogP contribution in [0, 0.1) is 6.92 Å². The topological polar surface area (TPSA) is 53.9 Å². The molecular formula is C16H23N5. The highest BCUT2D eigenvalue weighted by Gasteiger charge is 2.08. The third kappa shape index (κ3) is 4.49. The highest BCUT2D eigenvalue weighted by molar-refractivity contribution is 5.36. The SMILES string of the molecule is CCNCc1cnc(N(CC)Cc2cccc(C)n2)cn1. The minimum absolute atomic E-state index is 0.749. The van der Waals surface area contributed by atoms with Crippen molar-refractivity contribution in [2.75, 3.05) is 18.0 Å². The molecule has 0 radical (unpaired) electrons. The number of anilines is 1. The van der Waals surface area contributed by atoms with Gasteiger partial charge in [0.15, 0.2) is 0 Å². The fourth-order valence-corrected chi connectivity index (χ4v) is 2.09. The summed E-state index contributed by atoms with van der Waals surface area (Å²) in [5, 5.41) is 3.25. The molecule has 0 fully saturated rings. The minimum atomic E-state index is 0.749. The van der Waals surface area contributed by atoms with Crippen molar-refractivity contribution in [1.82, 2.24) is 20.3 Å². The molecule has 2 heterocycles. The number of pyridine rings is 1. The molecule has 0 bridgehead atoms. The van der Waals surface area contributed by atoms with Gasteiger partial charge in [0.25, 0.3) is 0 Å². The summed E-state index contributed by atoms with van der Waals surface area (Å²) in [4.78, 5) is 15.7. The van der Waals surface area contributed by atoms with Gasteiger partial charge in [0.05, 0.1) is 30.3 Å². The van der Waals surface area contributed by atoms with Crippen LogP contribution in [0.15, 0.2) is 30.6 Å². The van der Waals surface area contributed by atoms with E-state index in [0.29, 0.717) is 0 Å². The van der Waals surface area contributed by atoms with Gasteiger partial charge in [0.1, 0.15) is 5.82 Å². The molecule has 0 aliphatic heterocycles. The largest absolute Gasteiger partial charge is 0.350 e. The lowest BCUT2D eigenvalue weighted by Gasteiger charge is -2.21. The zero-order valence-corrected chi connectivity index (χ0v) is 13.0. The zero-order chi connectivity index (χ0) is 15.1. The van der Waals surface area contributed by atoms with E-state index in [1.807, 2.05) is 37.5 Å². The second kappa shape index (κ2) is 7.69. The normalized spacial score (nSPS) is 10.6. The average Bonchev–Trinajstić information content (AvgIpc) is 2.51. The Bertz CT molecular complexity index is 553. The molecule has 0 saturated carbocycles. The van der Waals surface area contributed by atoms with Gasteiger partial charge in [-0.05, 0) is 32.5 Å². The number of rotatable bonds is 7. The summed E-state index contributed by atoms with van der Waals surface area (Å²) in [5.41, 5.74) is 3.05. The van der Waals surface area contributed by atoms with Gasteiger partial charge >= 0.3 is 0 Å². The average molecular weight is 285 g/mol. The van der Waals surface area contributed by atoms with Gasteiger partial charge < -0.3 is 10.2 Å². The minimum Gasteiger partial charge on any atom is -0.350 e. The molecule has 2 aromatic heterocycles. The molecule has 0 amide bonds. The predicted molar refractivity (Wildman–Crippen MR) is 85.1 cm³/mol. The van der Waals surface area contributed by atoms with Crippen LogP contribution in [0.4, 0.5) is 5.82 Å². The number of aryl methyl sites for hydroxylation is 1. The maximum absolute atomic E-state index is 4.54. The Kier molecular flexibility index (Phi) is 5.63. The van der Waals surface area contributed by atoms with Crippen molar-refractivity contribution in [2.24, 2.45) is 0 Å². The Balaban J connectivity index is 2.06. The lowest BCUT2D eigenvalue weighted by atomic mass is 10.3. The summed E-state index contributed by atoms with van der Waals surface area (Å²) < 4.78 is 0. The van der Waals surface area contributed by atoms with Gasteiger partial charge in [-0.2, -0.15) is 0 Å². The number of hydrogen-bond donors (Lipinski definition) is 1. The van der Waals surface area contributed by atoms with Crippen molar-refractivity contribution in [3.63, 3.8) is 0 Å². The van der Waals surface area contributed by atoms with Crippen molar-refractivity contribution < 1.29 is 0 Å². The first-order valence-corrected chi connectivity index (χ1v) is 7.42. The third-order valence-corrected chi connectivity index (χ3v) is 3.25. The van der Waals surface area contributed by atoms with Crippen LogP contribution in [0.2, 0.25) is 0 Å². The van der Waals surface area contributed by atoms with Crippen molar-refractivity contribution in [1.29, 1.82) is 0 Å². The first-order valence-electron chi connectivity index (χ1n) is 7.42. The summed E-state index contributed by atoms with van der Waals surface area (Å²) in [6, 6.07) is 6.09. The van der Waals surface area contributed by atoms with E-state index in [4.69, 9.17) is 0 Å². The zero-order valence-electron chi connectivity index (χ0n) is 13.0. The highest BCUT2D eigenvalue weighted by atomic mass is 15.2. The number of nitrogens with one attached hydrogen (secondary N) is 1. The van der Waals surface area contributed by atoms with E-state index < -0.39 is 0 Å². The van der Waals surface area contributed by atoms with Crippen LogP contribution in [0.1, 0.15) is 30.9 Å². The molecule has 0 aliphatic carbocycles. The molecule has 0 saturated heterocycles. The Labute approximate surface area is 126 Å². The van der Waals surface area contributed by atoms with Crippen molar-refractivity contribution in [3.05, 3.63) is 47.7 Å². The van der Waals surface area contributed by atoms with E-state index in [9.17, 15) is 0 Å². The third-order valence-electron chi connectivity index (χ3n) is 3.25. The molecule has 112 valence electrons. The van der Waals surface area contributed by atoms with E-state index in [1.54, 1.807) is 0 Å². The lowest BCUT2D eigenvalue weighted by Crippen LogP contribution is -2.24. The summed E-state index contributed by atoms with van der Waals surface area (Å²) in [7, 11) is 0. The van der Waals surface area contributed by atoms with Crippen LogP contribution in [0.3, 0.4) is 0 Å². The molecule has 0 aliphatic rings. The van der Waals surface area contributed by atoms with Crippen LogP contribution in [0.5, 0.6) is 0 Å². The summed E-state index contributed by atoms with van der Waals surface area (Å²) >= 11 is 0. The van der Waals surface area contributed by atoms with Crippen LogP contribution in [0.25, 0.3) is 0 Å². The second-order valence-corrected chi connectivity index (χ2v) is 4.93. The monoisotopic (exact) mass is 285 g/mol. The fourth-order valence-electron chi connectivity index (χ4n) is 2.09. The van der Waals surface area contributed by atoms with E-state index >= 15 is 0 Å². The van der Waals surface area contributed by atoms with Crippen LogP contribution >= 0.6 is 0 Å². The molecule has 0 aromatic carbocycles.